The van der Waals surface area contributed by atoms with Gasteiger partial charge in [0.2, 0.25) is 5.91 Å². The first kappa shape index (κ1) is 18.5. The van der Waals surface area contributed by atoms with E-state index in [0.29, 0.717) is 35.2 Å². The van der Waals surface area contributed by atoms with Gasteiger partial charge >= 0.3 is 0 Å². The average Bonchev–Trinajstić information content (AvgIpc) is 2.82. The molecular weight excluding hydrogens is 361 g/mol. The highest BCUT2D eigenvalue weighted by atomic mass is 35.5. The fourth-order valence-electron chi connectivity index (χ4n) is 2.65. The van der Waals surface area contributed by atoms with Gasteiger partial charge in [0, 0.05) is 29.7 Å². The number of carbonyl (C=O) groups is 1. The predicted octanol–water partition coefficient (Wildman–Crippen LogP) is 2.20. The van der Waals surface area contributed by atoms with Gasteiger partial charge in [-0.2, -0.15) is 0 Å². The zero-order chi connectivity index (χ0) is 17.0. The van der Waals surface area contributed by atoms with E-state index < -0.39 is 9.84 Å². The number of hydrogen-bond donors (Lipinski definition) is 0. The van der Waals surface area contributed by atoms with Crippen LogP contribution < -0.4 is 0 Å². The topological polar surface area (TPSA) is 63.7 Å². The Balaban J connectivity index is 2.13. The normalized spacial score (nSPS) is 19.7. The monoisotopic (exact) mass is 379 g/mol. The maximum absolute atomic E-state index is 12.6. The molecular formula is C15H19Cl2NO4S. The second kappa shape index (κ2) is 7.83. The number of carbonyl (C=O) groups excluding carboxylic acids is 1. The molecule has 1 aromatic rings. The van der Waals surface area contributed by atoms with Crippen LogP contribution in [0, 0.1) is 0 Å². The van der Waals surface area contributed by atoms with Gasteiger partial charge in [0.1, 0.15) is 0 Å². The highest BCUT2D eigenvalue weighted by Crippen LogP contribution is 2.23. The van der Waals surface area contributed by atoms with Gasteiger partial charge < -0.3 is 9.64 Å². The van der Waals surface area contributed by atoms with Crippen molar-refractivity contribution in [3.05, 3.63) is 33.8 Å². The van der Waals surface area contributed by atoms with Gasteiger partial charge in [-0.15, -0.1) is 0 Å². The zero-order valence-corrected chi connectivity index (χ0v) is 15.1. The fraction of sp³-hybridized carbons (Fsp3) is 0.533. The molecule has 128 valence electrons. The van der Waals surface area contributed by atoms with Gasteiger partial charge in [-0.05, 0) is 24.1 Å². The first-order valence-electron chi connectivity index (χ1n) is 7.25. The molecule has 1 heterocycles. The lowest BCUT2D eigenvalue weighted by atomic mass is 10.1. The van der Waals surface area contributed by atoms with Crippen LogP contribution in [0.1, 0.15) is 12.0 Å². The van der Waals surface area contributed by atoms with E-state index in [2.05, 4.69) is 0 Å². The molecule has 1 saturated heterocycles. The van der Waals surface area contributed by atoms with Crippen LogP contribution in [0.3, 0.4) is 0 Å². The van der Waals surface area contributed by atoms with Crippen molar-refractivity contribution in [3.8, 4) is 0 Å². The van der Waals surface area contributed by atoms with Crippen molar-refractivity contribution in [2.75, 3.05) is 31.8 Å². The molecule has 0 saturated carbocycles. The van der Waals surface area contributed by atoms with Crippen molar-refractivity contribution in [3.63, 3.8) is 0 Å². The minimum absolute atomic E-state index is 0.0107. The standard InChI is InChI=1S/C15H19Cl2NO4S/c1-22-6-5-18(13-4-7-23(20,21)10-13)15(19)8-11-2-3-12(16)9-14(11)17/h2-3,9,13H,4-8,10H2,1H3. The minimum Gasteiger partial charge on any atom is -0.383 e. The Morgan fingerprint density at radius 2 is 2.13 bits per heavy atom. The number of rotatable bonds is 6. The number of sulfone groups is 1. The molecule has 1 unspecified atom stereocenters. The summed E-state index contributed by atoms with van der Waals surface area (Å²) in [5.41, 5.74) is 0.671. The zero-order valence-electron chi connectivity index (χ0n) is 12.8. The highest BCUT2D eigenvalue weighted by Gasteiger charge is 2.34. The molecule has 1 amide bonds. The minimum atomic E-state index is -3.06. The Labute approximate surface area is 146 Å². The molecule has 1 fully saturated rings. The molecule has 0 spiro atoms. The third-order valence-electron chi connectivity index (χ3n) is 3.86. The van der Waals surface area contributed by atoms with Crippen LogP contribution in [-0.4, -0.2) is 57.0 Å². The second-order valence-electron chi connectivity index (χ2n) is 5.55. The van der Waals surface area contributed by atoms with E-state index in [1.165, 1.54) is 0 Å². The Morgan fingerprint density at radius 3 is 2.70 bits per heavy atom. The molecule has 2 rings (SSSR count). The third-order valence-corrected chi connectivity index (χ3v) is 6.20. The summed E-state index contributed by atoms with van der Waals surface area (Å²) in [6.07, 6.45) is 0.572. The molecule has 1 aliphatic rings. The predicted molar refractivity (Wildman–Crippen MR) is 90.8 cm³/mol. The van der Waals surface area contributed by atoms with E-state index in [0.717, 1.165) is 0 Å². The van der Waals surface area contributed by atoms with Crippen LogP contribution in [-0.2, 0) is 25.8 Å². The summed E-state index contributed by atoms with van der Waals surface area (Å²) in [5.74, 6) is -0.0270. The van der Waals surface area contributed by atoms with Gasteiger partial charge in [-0.25, -0.2) is 8.42 Å². The van der Waals surface area contributed by atoms with Crippen molar-refractivity contribution in [2.24, 2.45) is 0 Å². The Hall–Kier alpha value is -0.820. The van der Waals surface area contributed by atoms with Gasteiger partial charge in [0.15, 0.2) is 9.84 Å². The van der Waals surface area contributed by atoms with Crippen LogP contribution in [0.4, 0.5) is 0 Å². The first-order valence-corrected chi connectivity index (χ1v) is 9.83. The van der Waals surface area contributed by atoms with E-state index in [-0.39, 0.29) is 29.9 Å². The van der Waals surface area contributed by atoms with Gasteiger partial charge in [0.25, 0.3) is 0 Å². The van der Waals surface area contributed by atoms with E-state index in [4.69, 9.17) is 27.9 Å². The number of halogens is 2. The maximum Gasteiger partial charge on any atom is 0.227 e. The average molecular weight is 380 g/mol. The Kier molecular flexibility index (Phi) is 6.31. The van der Waals surface area contributed by atoms with Crippen LogP contribution in [0.15, 0.2) is 18.2 Å². The second-order valence-corrected chi connectivity index (χ2v) is 8.62. The number of amides is 1. The van der Waals surface area contributed by atoms with E-state index in [9.17, 15) is 13.2 Å². The Bertz CT molecular complexity index is 678. The summed E-state index contributed by atoms with van der Waals surface area (Å²) in [6.45, 7) is 0.720. The van der Waals surface area contributed by atoms with Crippen LogP contribution in [0.5, 0.6) is 0 Å². The smallest absolute Gasteiger partial charge is 0.227 e. The SMILES string of the molecule is COCCN(C(=O)Cc1ccc(Cl)cc1Cl)C1CCS(=O)(=O)C1. The van der Waals surface area contributed by atoms with Crippen LogP contribution in [0.2, 0.25) is 10.0 Å². The maximum atomic E-state index is 12.6. The van der Waals surface area contributed by atoms with Crippen molar-refractivity contribution >= 4 is 38.9 Å². The first-order chi connectivity index (χ1) is 10.8. The summed E-state index contributed by atoms with van der Waals surface area (Å²) in [7, 11) is -1.52. The third kappa shape index (κ3) is 5.08. The molecule has 5 nitrogen and oxygen atoms in total. The fourth-order valence-corrected chi connectivity index (χ4v) is 4.86. The lowest BCUT2D eigenvalue weighted by Crippen LogP contribution is -2.43. The molecule has 0 N–H and O–H groups in total. The van der Waals surface area contributed by atoms with Crippen molar-refractivity contribution in [1.29, 1.82) is 0 Å². The number of nitrogens with zero attached hydrogens (tertiary/aromatic N) is 1. The van der Waals surface area contributed by atoms with Crippen molar-refractivity contribution in [2.45, 2.75) is 18.9 Å². The summed E-state index contributed by atoms with van der Waals surface area (Å²) < 4.78 is 28.4. The molecule has 0 aliphatic carbocycles. The number of benzene rings is 1. The van der Waals surface area contributed by atoms with Crippen LogP contribution in [0.25, 0.3) is 0 Å². The lowest BCUT2D eigenvalue weighted by molar-refractivity contribution is -0.133. The van der Waals surface area contributed by atoms with E-state index in [1.807, 2.05) is 0 Å². The number of hydrogen-bond acceptors (Lipinski definition) is 4. The van der Waals surface area contributed by atoms with Gasteiger partial charge in [-0.3, -0.25) is 4.79 Å². The molecule has 1 aliphatic heterocycles. The van der Waals surface area contributed by atoms with Crippen molar-refractivity contribution < 1.29 is 17.9 Å². The van der Waals surface area contributed by atoms with E-state index in [1.54, 1.807) is 30.2 Å². The highest BCUT2D eigenvalue weighted by molar-refractivity contribution is 7.91. The largest absolute Gasteiger partial charge is 0.383 e. The van der Waals surface area contributed by atoms with Crippen LogP contribution >= 0.6 is 23.2 Å². The molecule has 1 atom stereocenters. The summed E-state index contributed by atoms with van der Waals surface area (Å²) >= 11 is 12.0. The number of methoxy groups -OCH3 is 1. The number of ether oxygens (including phenoxy) is 1. The quantitative estimate of drug-likeness (QED) is 0.759. The molecule has 0 radical (unpaired) electrons. The summed E-state index contributed by atoms with van der Waals surface area (Å²) in [5, 5.41) is 0.931. The van der Waals surface area contributed by atoms with Gasteiger partial charge in [0.05, 0.1) is 24.5 Å². The van der Waals surface area contributed by atoms with E-state index >= 15 is 0 Å². The lowest BCUT2D eigenvalue weighted by Gasteiger charge is -2.28. The molecule has 23 heavy (non-hydrogen) atoms. The molecule has 0 aromatic heterocycles. The van der Waals surface area contributed by atoms with Gasteiger partial charge in [-0.1, -0.05) is 29.3 Å². The Morgan fingerprint density at radius 1 is 1.39 bits per heavy atom. The molecule has 8 heteroatoms. The molecule has 0 bridgehead atoms. The summed E-state index contributed by atoms with van der Waals surface area (Å²) in [4.78, 5) is 14.2. The summed E-state index contributed by atoms with van der Waals surface area (Å²) in [6, 6.07) is 4.68. The van der Waals surface area contributed by atoms with Crippen molar-refractivity contribution in [1.82, 2.24) is 4.90 Å². The molecule has 1 aromatic carbocycles.